The van der Waals surface area contributed by atoms with Gasteiger partial charge in [-0.1, -0.05) is 26.0 Å². The minimum atomic E-state index is -0.539. The first-order valence-corrected chi connectivity index (χ1v) is 9.21. The van der Waals surface area contributed by atoms with E-state index in [2.05, 4.69) is 30.2 Å². The largest absolute Gasteiger partial charge is 0.389 e. The standard InChI is InChI=1S/C19H26FNO2S/c1-15(2)12-23-13-19(22)11-21(10-17-7-8-24-14-17)9-16-3-5-18(20)6-4-16/h3-8,14-15,19,22H,9-13H2,1-2H3. The van der Waals surface area contributed by atoms with Crippen molar-refractivity contribution >= 4 is 11.3 Å². The fourth-order valence-corrected chi connectivity index (χ4v) is 3.12. The minimum absolute atomic E-state index is 0.231. The van der Waals surface area contributed by atoms with E-state index >= 15 is 0 Å². The highest BCUT2D eigenvalue weighted by atomic mass is 32.1. The molecule has 0 amide bonds. The molecule has 1 atom stereocenters. The number of benzene rings is 1. The van der Waals surface area contributed by atoms with Gasteiger partial charge in [0, 0.05) is 26.2 Å². The molecular weight excluding hydrogens is 325 g/mol. The molecule has 5 heteroatoms. The van der Waals surface area contributed by atoms with Crippen molar-refractivity contribution in [3.05, 3.63) is 58.0 Å². The van der Waals surface area contributed by atoms with E-state index in [0.717, 1.165) is 12.1 Å². The molecule has 1 N–H and O–H groups in total. The second kappa shape index (κ2) is 9.89. The summed E-state index contributed by atoms with van der Waals surface area (Å²) in [5, 5.41) is 14.4. The van der Waals surface area contributed by atoms with Gasteiger partial charge in [0.05, 0.1) is 12.7 Å². The van der Waals surface area contributed by atoms with Crippen molar-refractivity contribution in [3.63, 3.8) is 0 Å². The minimum Gasteiger partial charge on any atom is -0.389 e. The smallest absolute Gasteiger partial charge is 0.123 e. The highest BCUT2D eigenvalue weighted by Crippen LogP contribution is 2.14. The SMILES string of the molecule is CC(C)COCC(O)CN(Cc1ccc(F)cc1)Cc1ccsc1. The molecule has 24 heavy (non-hydrogen) atoms. The van der Waals surface area contributed by atoms with Crippen molar-refractivity contribution in [2.45, 2.75) is 33.0 Å². The second-order valence-electron chi connectivity index (χ2n) is 6.51. The molecule has 0 radical (unpaired) electrons. The Kier molecular flexibility index (Phi) is 7.85. The highest BCUT2D eigenvalue weighted by molar-refractivity contribution is 7.07. The second-order valence-corrected chi connectivity index (χ2v) is 7.29. The van der Waals surface area contributed by atoms with Gasteiger partial charge in [0.15, 0.2) is 0 Å². The van der Waals surface area contributed by atoms with Crippen molar-refractivity contribution in [1.82, 2.24) is 4.90 Å². The van der Waals surface area contributed by atoms with E-state index in [0.29, 0.717) is 32.2 Å². The third kappa shape index (κ3) is 7.09. The molecule has 0 spiro atoms. The van der Waals surface area contributed by atoms with Crippen LogP contribution in [-0.4, -0.2) is 35.9 Å². The zero-order valence-electron chi connectivity index (χ0n) is 14.3. The third-order valence-corrected chi connectivity index (χ3v) is 4.27. The summed E-state index contributed by atoms with van der Waals surface area (Å²) in [6.07, 6.45) is -0.539. The molecule has 0 bridgehead atoms. The fraction of sp³-hybridized carbons (Fsp3) is 0.474. The van der Waals surface area contributed by atoms with Crippen LogP contribution in [0.5, 0.6) is 0 Å². The van der Waals surface area contributed by atoms with Gasteiger partial charge in [-0.2, -0.15) is 11.3 Å². The van der Waals surface area contributed by atoms with Crippen LogP contribution in [0.2, 0.25) is 0 Å². The van der Waals surface area contributed by atoms with Gasteiger partial charge < -0.3 is 9.84 Å². The zero-order valence-corrected chi connectivity index (χ0v) is 15.1. The molecule has 1 aromatic heterocycles. The van der Waals surface area contributed by atoms with Crippen LogP contribution in [0.4, 0.5) is 4.39 Å². The Bertz CT molecular complexity index is 572. The molecule has 132 valence electrons. The number of ether oxygens (including phenoxy) is 1. The predicted octanol–water partition coefficient (Wildman–Crippen LogP) is 3.92. The third-order valence-electron chi connectivity index (χ3n) is 3.54. The summed E-state index contributed by atoms with van der Waals surface area (Å²) in [5.74, 6) is 0.226. The lowest BCUT2D eigenvalue weighted by atomic mass is 10.2. The van der Waals surface area contributed by atoms with Crippen molar-refractivity contribution in [3.8, 4) is 0 Å². The first kappa shape index (κ1) is 19.1. The molecule has 3 nitrogen and oxygen atoms in total. The van der Waals surface area contributed by atoms with E-state index in [1.165, 1.54) is 17.7 Å². The van der Waals surface area contributed by atoms with E-state index in [9.17, 15) is 9.50 Å². The van der Waals surface area contributed by atoms with E-state index < -0.39 is 6.10 Å². The number of hydrogen-bond acceptors (Lipinski definition) is 4. The van der Waals surface area contributed by atoms with Crippen LogP contribution in [0.3, 0.4) is 0 Å². The number of hydrogen-bond donors (Lipinski definition) is 1. The Morgan fingerprint density at radius 2 is 1.79 bits per heavy atom. The van der Waals surface area contributed by atoms with Gasteiger partial charge in [0.2, 0.25) is 0 Å². The predicted molar refractivity (Wildman–Crippen MR) is 96.5 cm³/mol. The summed E-state index contributed by atoms with van der Waals surface area (Å²) < 4.78 is 18.6. The summed E-state index contributed by atoms with van der Waals surface area (Å²) in [6, 6.07) is 8.61. The topological polar surface area (TPSA) is 32.7 Å². The van der Waals surface area contributed by atoms with Crippen molar-refractivity contribution in [2.75, 3.05) is 19.8 Å². The van der Waals surface area contributed by atoms with Crippen LogP contribution in [0.1, 0.15) is 25.0 Å². The highest BCUT2D eigenvalue weighted by Gasteiger charge is 2.14. The van der Waals surface area contributed by atoms with Crippen LogP contribution in [0, 0.1) is 11.7 Å². The molecule has 1 heterocycles. The van der Waals surface area contributed by atoms with E-state index in [1.807, 2.05) is 5.38 Å². The van der Waals surface area contributed by atoms with Gasteiger partial charge in [-0.15, -0.1) is 0 Å². The zero-order chi connectivity index (χ0) is 17.4. The number of aliphatic hydroxyl groups excluding tert-OH is 1. The molecular formula is C19H26FNO2S. The fourth-order valence-electron chi connectivity index (χ4n) is 2.46. The van der Waals surface area contributed by atoms with Crippen LogP contribution in [-0.2, 0) is 17.8 Å². The maximum atomic E-state index is 13.1. The van der Waals surface area contributed by atoms with E-state index in [4.69, 9.17) is 4.74 Å². The number of halogens is 1. The Morgan fingerprint density at radius 3 is 2.42 bits per heavy atom. The lowest BCUT2D eigenvalue weighted by Gasteiger charge is -2.25. The molecule has 0 fully saturated rings. The molecule has 0 aliphatic carbocycles. The average Bonchev–Trinajstić information content (AvgIpc) is 3.02. The molecule has 2 rings (SSSR count). The van der Waals surface area contributed by atoms with Gasteiger partial charge >= 0.3 is 0 Å². The molecule has 2 aromatic rings. The number of aliphatic hydroxyl groups is 1. The van der Waals surface area contributed by atoms with Crippen molar-refractivity contribution in [1.29, 1.82) is 0 Å². The monoisotopic (exact) mass is 351 g/mol. The van der Waals surface area contributed by atoms with Crippen LogP contribution < -0.4 is 0 Å². The van der Waals surface area contributed by atoms with Crippen molar-refractivity contribution < 1.29 is 14.2 Å². The van der Waals surface area contributed by atoms with Gasteiger partial charge in [-0.25, -0.2) is 4.39 Å². The summed E-state index contributed by atoms with van der Waals surface area (Å²) >= 11 is 1.66. The van der Waals surface area contributed by atoms with Gasteiger partial charge in [0.1, 0.15) is 5.82 Å². The summed E-state index contributed by atoms with van der Waals surface area (Å²) in [6.45, 7) is 7.10. The first-order valence-electron chi connectivity index (χ1n) is 8.26. The summed E-state index contributed by atoms with van der Waals surface area (Å²) in [7, 11) is 0. The lowest BCUT2D eigenvalue weighted by molar-refractivity contribution is 0.00556. The molecule has 0 saturated heterocycles. The van der Waals surface area contributed by atoms with Crippen LogP contribution in [0.15, 0.2) is 41.1 Å². The maximum Gasteiger partial charge on any atom is 0.123 e. The Labute approximate surface area is 147 Å². The van der Waals surface area contributed by atoms with E-state index in [-0.39, 0.29) is 5.82 Å². The van der Waals surface area contributed by atoms with Crippen LogP contribution in [0.25, 0.3) is 0 Å². The van der Waals surface area contributed by atoms with Crippen molar-refractivity contribution in [2.24, 2.45) is 5.92 Å². The van der Waals surface area contributed by atoms with E-state index in [1.54, 1.807) is 23.5 Å². The average molecular weight is 351 g/mol. The molecule has 0 aliphatic rings. The molecule has 0 saturated carbocycles. The molecule has 1 unspecified atom stereocenters. The number of rotatable bonds is 10. The van der Waals surface area contributed by atoms with Gasteiger partial charge in [0.25, 0.3) is 0 Å². The number of thiophene rings is 1. The Balaban J connectivity index is 1.93. The maximum absolute atomic E-state index is 13.1. The Hall–Kier alpha value is -1.27. The molecule has 1 aromatic carbocycles. The number of nitrogens with zero attached hydrogens (tertiary/aromatic N) is 1. The summed E-state index contributed by atoms with van der Waals surface area (Å²) in [5.41, 5.74) is 2.25. The normalized spacial score (nSPS) is 12.9. The summed E-state index contributed by atoms with van der Waals surface area (Å²) in [4.78, 5) is 2.17. The van der Waals surface area contributed by atoms with Gasteiger partial charge in [-0.05, 0) is 46.0 Å². The van der Waals surface area contributed by atoms with Gasteiger partial charge in [-0.3, -0.25) is 4.90 Å². The first-order chi connectivity index (χ1) is 11.5. The lowest BCUT2D eigenvalue weighted by Crippen LogP contribution is -2.34. The Morgan fingerprint density at radius 1 is 1.08 bits per heavy atom. The molecule has 0 aliphatic heterocycles. The van der Waals surface area contributed by atoms with Crippen LogP contribution >= 0.6 is 11.3 Å². The quantitative estimate of drug-likeness (QED) is 0.704.